The zero-order chi connectivity index (χ0) is 8.23. The van der Waals surface area contributed by atoms with Crippen LogP contribution in [-0.4, -0.2) is 33.4 Å². The molecule has 0 amide bonds. The highest BCUT2D eigenvalue weighted by molar-refractivity contribution is 4.63. The van der Waals surface area contributed by atoms with Gasteiger partial charge in [0, 0.05) is 19.8 Å². The van der Waals surface area contributed by atoms with E-state index in [9.17, 15) is 0 Å². The first kappa shape index (κ1) is 7.67. The molecule has 1 saturated heterocycles. The number of hydrogen-bond donors (Lipinski definition) is 0. The number of ether oxygens (including phenoxy) is 1. The Balaban J connectivity index is 1.86. The number of rotatable bonds is 2. The van der Waals surface area contributed by atoms with Crippen molar-refractivity contribution in [3.8, 4) is 0 Å². The maximum atomic E-state index is 5.26. The van der Waals surface area contributed by atoms with Crippen LogP contribution >= 0.6 is 0 Å². The van der Waals surface area contributed by atoms with E-state index >= 15 is 0 Å². The normalized spacial score (nSPS) is 19.7. The molecule has 0 spiro atoms. The van der Waals surface area contributed by atoms with E-state index in [0.29, 0.717) is 5.92 Å². The van der Waals surface area contributed by atoms with Gasteiger partial charge in [-0.25, -0.2) is 4.68 Å². The summed E-state index contributed by atoms with van der Waals surface area (Å²) < 4.78 is 7.05. The van der Waals surface area contributed by atoms with E-state index in [4.69, 9.17) is 4.74 Å². The van der Waals surface area contributed by atoms with Crippen LogP contribution in [0, 0.1) is 5.92 Å². The molecule has 0 saturated carbocycles. The third-order valence-corrected chi connectivity index (χ3v) is 2.18. The SMILES string of the molecule is c1nnnn1CC1CCOCC1. The van der Waals surface area contributed by atoms with Gasteiger partial charge in [-0.15, -0.1) is 5.10 Å². The van der Waals surface area contributed by atoms with Crippen molar-refractivity contribution in [1.82, 2.24) is 20.2 Å². The van der Waals surface area contributed by atoms with Crippen molar-refractivity contribution < 1.29 is 4.74 Å². The third-order valence-electron chi connectivity index (χ3n) is 2.18. The van der Waals surface area contributed by atoms with Crippen LogP contribution in [0.5, 0.6) is 0 Å². The zero-order valence-corrected chi connectivity index (χ0v) is 6.89. The van der Waals surface area contributed by atoms with Crippen LogP contribution in [0.25, 0.3) is 0 Å². The first-order valence-corrected chi connectivity index (χ1v) is 4.23. The molecular weight excluding hydrogens is 156 g/mol. The predicted octanol–water partition coefficient (Wildman–Crippen LogP) is 0.0997. The Morgan fingerprint density at radius 3 is 2.92 bits per heavy atom. The molecule has 0 bridgehead atoms. The first-order valence-electron chi connectivity index (χ1n) is 4.23. The Hall–Kier alpha value is -0.970. The van der Waals surface area contributed by atoms with E-state index in [2.05, 4.69) is 15.5 Å². The molecule has 0 atom stereocenters. The van der Waals surface area contributed by atoms with E-state index in [1.54, 1.807) is 11.0 Å². The highest BCUT2D eigenvalue weighted by Gasteiger charge is 2.14. The Bertz CT molecular complexity index is 217. The van der Waals surface area contributed by atoms with Gasteiger partial charge in [0.15, 0.2) is 0 Å². The topological polar surface area (TPSA) is 52.8 Å². The smallest absolute Gasteiger partial charge is 0.138 e. The van der Waals surface area contributed by atoms with Crippen molar-refractivity contribution >= 4 is 0 Å². The zero-order valence-electron chi connectivity index (χ0n) is 6.89. The molecule has 2 heterocycles. The molecule has 1 aliphatic rings. The Morgan fingerprint density at radius 2 is 2.25 bits per heavy atom. The lowest BCUT2D eigenvalue weighted by Gasteiger charge is -2.20. The largest absolute Gasteiger partial charge is 0.381 e. The molecule has 1 aliphatic heterocycles. The van der Waals surface area contributed by atoms with Gasteiger partial charge < -0.3 is 4.74 Å². The van der Waals surface area contributed by atoms with E-state index in [1.807, 2.05) is 0 Å². The van der Waals surface area contributed by atoms with Crippen LogP contribution in [0.3, 0.4) is 0 Å². The van der Waals surface area contributed by atoms with Gasteiger partial charge in [-0.05, 0) is 29.2 Å². The van der Waals surface area contributed by atoms with Gasteiger partial charge in [0.1, 0.15) is 6.33 Å². The van der Waals surface area contributed by atoms with Gasteiger partial charge in [-0.2, -0.15) is 0 Å². The van der Waals surface area contributed by atoms with E-state index in [-0.39, 0.29) is 0 Å². The molecule has 0 aromatic carbocycles. The predicted molar refractivity (Wildman–Crippen MR) is 41.4 cm³/mol. The molecule has 0 radical (unpaired) electrons. The molecule has 66 valence electrons. The monoisotopic (exact) mass is 168 g/mol. The fraction of sp³-hybridized carbons (Fsp3) is 0.857. The second-order valence-electron chi connectivity index (χ2n) is 3.09. The second kappa shape index (κ2) is 3.62. The molecule has 5 nitrogen and oxygen atoms in total. The van der Waals surface area contributed by atoms with Gasteiger partial charge in [-0.1, -0.05) is 0 Å². The Kier molecular flexibility index (Phi) is 2.31. The van der Waals surface area contributed by atoms with E-state index in [0.717, 1.165) is 32.6 Å². The summed E-state index contributed by atoms with van der Waals surface area (Å²) in [7, 11) is 0. The third kappa shape index (κ3) is 1.79. The van der Waals surface area contributed by atoms with Crippen LogP contribution in [-0.2, 0) is 11.3 Å². The number of hydrogen-bond acceptors (Lipinski definition) is 4. The van der Waals surface area contributed by atoms with Crippen molar-refractivity contribution in [1.29, 1.82) is 0 Å². The highest BCUT2D eigenvalue weighted by Crippen LogP contribution is 2.15. The van der Waals surface area contributed by atoms with Crippen molar-refractivity contribution in [3.05, 3.63) is 6.33 Å². The fourth-order valence-electron chi connectivity index (χ4n) is 1.46. The minimum Gasteiger partial charge on any atom is -0.381 e. The summed E-state index contributed by atoms with van der Waals surface area (Å²) in [6, 6.07) is 0. The number of tetrazole rings is 1. The lowest BCUT2D eigenvalue weighted by molar-refractivity contribution is 0.0599. The van der Waals surface area contributed by atoms with Crippen molar-refractivity contribution in [3.63, 3.8) is 0 Å². The summed E-state index contributed by atoms with van der Waals surface area (Å²) in [5, 5.41) is 11.0. The molecule has 1 aromatic rings. The summed E-state index contributed by atoms with van der Waals surface area (Å²) in [5.74, 6) is 0.683. The molecule has 0 unspecified atom stereocenters. The van der Waals surface area contributed by atoms with Crippen LogP contribution in [0.1, 0.15) is 12.8 Å². The summed E-state index contributed by atoms with van der Waals surface area (Å²) in [6.07, 6.45) is 3.91. The maximum Gasteiger partial charge on any atom is 0.138 e. The summed E-state index contributed by atoms with van der Waals surface area (Å²) in [4.78, 5) is 0. The van der Waals surface area contributed by atoms with E-state index < -0.39 is 0 Å². The molecule has 0 N–H and O–H groups in total. The van der Waals surface area contributed by atoms with Gasteiger partial charge in [0.25, 0.3) is 0 Å². The quantitative estimate of drug-likeness (QED) is 0.628. The molecule has 1 aromatic heterocycles. The van der Waals surface area contributed by atoms with Crippen molar-refractivity contribution in [2.45, 2.75) is 19.4 Å². The van der Waals surface area contributed by atoms with E-state index in [1.165, 1.54) is 0 Å². The summed E-state index contributed by atoms with van der Waals surface area (Å²) >= 11 is 0. The molecule has 0 aliphatic carbocycles. The van der Waals surface area contributed by atoms with Crippen LogP contribution < -0.4 is 0 Å². The Labute approximate surface area is 70.7 Å². The first-order chi connectivity index (χ1) is 5.95. The van der Waals surface area contributed by atoms with Gasteiger partial charge >= 0.3 is 0 Å². The van der Waals surface area contributed by atoms with Gasteiger partial charge in [-0.3, -0.25) is 0 Å². The van der Waals surface area contributed by atoms with Gasteiger partial charge in [0.05, 0.1) is 0 Å². The molecule has 5 heteroatoms. The Morgan fingerprint density at radius 1 is 1.42 bits per heavy atom. The average molecular weight is 168 g/mol. The highest BCUT2D eigenvalue weighted by atomic mass is 16.5. The minimum absolute atomic E-state index is 0.683. The lowest BCUT2D eigenvalue weighted by atomic mass is 10.0. The molecular formula is C7H12N4O. The molecule has 1 fully saturated rings. The average Bonchev–Trinajstić information content (AvgIpc) is 2.59. The van der Waals surface area contributed by atoms with Gasteiger partial charge in [0.2, 0.25) is 0 Å². The lowest BCUT2D eigenvalue weighted by Crippen LogP contribution is -2.20. The summed E-state index contributed by atoms with van der Waals surface area (Å²) in [5.41, 5.74) is 0. The number of nitrogens with zero attached hydrogens (tertiary/aromatic N) is 4. The molecule has 12 heavy (non-hydrogen) atoms. The van der Waals surface area contributed by atoms with Crippen molar-refractivity contribution in [2.75, 3.05) is 13.2 Å². The van der Waals surface area contributed by atoms with Crippen LogP contribution in [0.15, 0.2) is 6.33 Å². The number of aromatic nitrogens is 4. The maximum absolute atomic E-state index is 5.26. The van der Waals surface area contributed by atoms with Crippen LogP contribution in [0.4, 0.5) is 0 Å². The fourth-order valence-corrected chi connectivity index (χ4v) is 1.46. The molecule has 2 rings (SSSR count). The van der Waals surface area contributed by atoms with Crippen LogP contribution in [0.2, 0.25) is 0 Å². The standard InChI is InChI=1S/C7H12N4O/c1-3-12-4-2-7(1)5-11-6-8-9-10-11/h6-7H,1-5H2. The minimum atomic E-state index is 0.683. The summed E-state index contributed by atoms with van der Waals surface area (Å²) in [6.45, 7) is 2.69. The van der Waals surface area contributed by atoms with Crippen molar-refractivity contribution in [2.24, 2.45) is 5.92 Å². The second-order valence-corrected chi connectivity index (χ2v) is 3.09.